The van der Waals surface area contributed by atoms with Gasteiger partial charge in [0.15, 0.2) is 0 Å². The van der Waals surface area contributed by atoms with Gasteiger partial charge in [-0.05, 0) is 6.42 Å². The highest BCUT2D eigenvalue weighted by atomic mass is 16.1. The number of nitrogens with zero attached hydrogens (tertiary/aromatic N) is 2. The van der Waals surface area contributed by atoms with E-state index in [4.69, 9.17) is 5.73 Å². The molecular weight excluding hydrogens is 208 g/mol. The molecule has 0 spiro atoms. The molecule has 1 aromatic rings. The number of anilines is 1. The number of carbonyl (C=O) groups excluding carboxylic acids is 1. The van der Waals surface area contributed by atoms with Crippen LogP contribution in [0.4, 0.5) is 5.82 Å². The molecule has 0 aliphatic rings. The topological polar surface area (TPSA) is 92.1 Å². The fraction of sp³-hybridized carbons (Fsp3) is 0.500. The quantitative estimate of drug-likeness (QED) is 0.703. The van der Waals surface area contributed by atoms with E-state index >= 15 is 0 Å². The number of nitrogens with one attached hydrogen (secondary N) is 1. The summed E-state index contributed by atoms with van der Waals surface area (Å²) in [6.07, 6.45) is 3.23. The molecule has 0 unspecified atom stereocenters. The molecule has 0 fully saturated rings. The maximum Gasteiger partial charge on any atom is 0.252 e. The number of hydrogen-bond acceptors (Lipinski definition) is 4. The zero-order valence-electron chi connectivity index (χ0n) is 9.27. The van der Waals surface area contributed by atoms with Crippen LogP contribution in [-0.2, 0) is 4.79 Å². The van der Waals surface area contributed by atoms with Gasteiger partial charge in [-0.25, -0.2) is 4.98 Å². The van der Waals surface area contributed by atoms with Crippen LogP contribution in [0.2, 0.25) is 0 Å². The van der Waals surface area contributed by atoms with Crippen molar-refractivity contribution in [3.8, 4) is 0 Å². The van der Waals surface area contributed by atoms with Crippen LogP contribution in [-0.4, -0.2) is 29.0 Å². The van der Waals surface area contributed by atoms with Crippen molar-refractivity contribution in [2.45, 2.75) is 19.8 Å². The number of aromatic amines is 1. The molecule has 0 aliphatic heterocycles. The van der Waals surface area contributed by atoms with Crippen molar-refractivity contribution in [3.05, 3.63) is 22.7 Å². The molecule has 0 aliphatic carbocycles. The van der Waals surface area contributed by atoms with Crippen molar-refractivity contribution in [2.24, 2.45) is 5.73 Å². The summed E-state index contributed by atoms with van der Waals surface area (Å²) in [7, 11) is 0. The maximum absolute atomic E-state index is 11.1. The first kappa shape index (κ1) is 12.2. The fourth-order valence-corrected chi connectivity index (χ4v) is 1.34. The predicted octanol–water partition coefficient (Wildman–Crippen LogP) is -0.138. The van der Waals surface area contributed by atoms with Gasteiger partial charge in [-0.3, -0.25) is 9.59 Å². The van der Waals surface area contributed by atoms with Gasteiger partial charge < -0.3 is 15.6 Å². The standard InChI is InChI=1S/C10H16N4O2/c1-2-3-4-14(6-8(11)15)9-5-10(16)13-7-12-9/h5,7H,2-4,6H2,1H3,(H2,11,15)(H,12,13,16). The number of amides is 1. The Morgan fingerprint density at radius 3 is 2.94 bits per heavy atom. The number of aromatic nitrogens is 2. The molecule has 1 amide bonds. The van der Waals surface area contributed by atoms with Crippen molar-refractivity contribution in [1.82, 2.24) is 9.97 Å². The lowest BCUT2D eigenvalue weighted by Gasteiger charge is -2.21. The van der Waals surface area contributed by atoms with Crippen molar-refractivity contribution in [3.63, 3.8) is 0 Å². The minimum absolute atomic E-state index is 0.0798. The molecule has 0 saturated carbocycles. The third-order valence-electron chi connectivity index (χ3n) is 2.12. The summed E-state index contributed by atoms with van der Waals surface area (Å²) in [6.45, 7) is 2.79. The van der Waals surface area contributed by atoms with E-state index < -0.39 is 5.91 Å². The van der Waals surface area contributed by atoms with E-state index in [1.807, 2.05) is 6.92 Å². The summed E-state index contributed by atoms with van der Waals surface area (Å²) < 4.78 is 0. The maximum atomic E-state index is 11.1. The lowest BCUT2D eigenvalue weighted by atomic mass is 10.3. The SMILES string of the molecule is CCCCN(CC(N)=O)c1cc(=O)[nH]cn1. The van der Waals surface area contributed by atoms with Crippen LogP contribution in [0.5, 0.6) is 0 Å². The first-order valence-electron chi connectivity index (χ1n) is 5.21. The number of primary amides is 1. The largest absolute Gasteiger partial charge is 0.368 e. The highest BCUT2D eigenvalue weighted by Gasteiger charge is 2.10. The summed E-state index contributed by atoms with van der Waals surface area (Å²) in [5.74, 6) is 0.0502. The van der Waals surface area contributed by atoms with Gasteiger partial charge in [0, 0.05) is 12.6 Å². The third kappa shape index (κ3) is 3.72. The molecule has 6 nitrogen and oxygen atoms in total. The van der Waals surface area contributed by atoms with Gasteiger partial charge in [-0.2, -0.15) is 0 Å². The number of unbranched alkanes of at least 4 members (excludes halogenated alkanes) is 1. The van der Waals surface area contributed by atoms with E-state index in [9.17, 15) is 9.59 Å². The monoisotopic (exact) mass is 224 g/mol. The van der Waals surface area contributed by atoms with E-state index in [1.54, 1.807) is 4.90 Å². The zero-order valence-corrected chi connectivity index (χ0v) is 9.27. The molecule has 0 atom stereocenters. The van der Waals surface area contributed by atoms with E-state index in [0.717, 1.165) is 12.8 Å². The molecule has 1 rings (SSSR count). The molecule has 16 heavy (non-hydrogen) atoms. The molecular formula is C10H16N4O2. The molecule has 0 saturated heterocycles. The summed E-state index contributed by atoms with van der Waals surface area (Å²) in [5.41, 5.74) is 4.91. The third-order valence-corrected chi connectivity index (χ3v) is 2.12. The Hall–Kier alpha value is -1.85. The van der Waals surface area contributed by atoms with Crippen LogP contribution in [0.3, 0.4) is 0 Å². The lowest BCUT2D eigenvalue weighted by molar-refractivity contribution is -0.116. The molecule has 0 bridgehead atoms. The van der Waals surface area contributed by atoms with Crippen LogP contribution in [0.1, 0.15) is 19.8 Å². The molecule has 0 radical (unpaired) electrons. The summed E-state index contributed by atoms with van der Waals surface area (Å²) >= 11 is 0. The average molecular weight is 224 g/mol. The van der Waals surface area contributed by atoms with Gasteiger partial charge in [-0.1, -0.05) is 13.3 Å². The van der Waals surface area contributed by atoms with Gasteiger partial charge in [-0.15, -0.1) is 0 Å². The van der Waals surface area contributed by atoms with Crippen molar-refractivity contribution < 1.29 is 4.79 Å². The highest BCUT2D eigenvalue weighted by molar-refractivity contribution is 5.79. The van der Waals surface area contributed by atoms with Crippen molar-refractivity contribution >= 4 is 11.7 Å². The summed E-state index contributed by atoms with van der Waals surface area (Å²) in [5, 5.41) is 0. The number of H-pyrrole nitrogens is 1. The smallest absolute Gasteiger partial charge is 0.252 e. The second kappa shape index (κ2) is 5.89. The minimum Gasteiger partial charge on any atom is -0.368 e. The molecule has 88 valence electrons. The van der Waals surface area contributed by atoms with Gasteiger partial charge in [0.25, 0.3) is 5.56 Å². The second-order valence-corrected chi connectivity index (χ2v) is 3.51. The Morgan fingerprint density at radius 1 is 1.62 bits per heavy atom. The predicted molar refractivity (Wildman–Crippen MR) is 61.2 cm³/mol. The summed E-state index contributed by atoms with van der Waals surface area (Å²) in [6, 6.07) is 1.36. The van der Waals surface area contributed by atoms with E-state index in [-0.39, 0.29) is 12.1 Å². The Kier molecular flexibility index (Phi) is 4.50. The van der Waals surface area contributed by atoms with E-state index in [0.29, 0.717) is 12.4 Å². The van der Waals surface area contributed by atoms with Crippen LogP contribution in [0.25, 0.3) is 0 Å². The van der Waals surface area contributed by atoms with Crippen LogP contribution >= 0.6 is 0 Å². The molecule has 0 aromatic carbocycles. The van der Waals surface area contributed by atoms with Crippen LogP contribution in [0.15, 0.2) is 17.2 Å². The summed E-state index contributed by atoms with van der Waals surface area (Å²) in [4.78, 5) is 30.2. The van der Waals surface area contributed by atoms with Crippen LogP contribution < -0.4 is 16.2 Å². The number of carbonyl (C=O) groups is 1. The number of nitrogens with two attached hydrogens (primary N) is 1. The Morgan fingerprint density at radius 2 is 2.38 bits per heavy atom. The van der Waals surface area contributed by atoms with Gasteiger partial charge >= 0.3 is 0 Å². The molecule has 1 aromatic heterocycles. The van der Waals surface area contributed by atoms with Gasteiger partial charge in [0.2, 0.25) is 5.91 Å². The Bertz CT molecular complexity index is 402. The van der Waals surface area contributed by atoms with Crippen molar-refractivity contribution in [1.29, 1.82) is 0 Å². The minimum atomic E-state index is -0.432. The zero-order chi connectivity index (χ0) is 12.0. The molecule has 6 heteroatoms. The van der Waals surface area contributed by atoms with Crippen molar-refractivity contribution in [2.75, 3.05) is 18.0 Å². The first-order valence-corrected chi connectivity index (χ1v) is 5.21. The highest BCUT2D eigenvalue weighted by Crippen LogP contribution is 2.07. The van der Waals surface area contributed by atoms with E-state index in [1.165, 1.54) is 12.4 Å². The van der Waals surface area contributed by atoms with Gasteiger partial charge in [0.05, 0.1) is 12.9 Å². The van der Waals surface area contributed by atoms with E-state index in [2.05, 4.69) is 9.97 Å². The lowest BCUT2D eigenvalue weighted by Crippen LogP contribution is -2.35. The molecule has 1 heterocycles. The number of rotatable bonds is 6. The normalized spacial score (nSPS) is 10.1. The fourth-order valence-electron chi connectivity index (χ4n) is 1.34. The second-order valence-electron chi connectivity index (χ2n) is 3.51. The first-order chi connectivity index (χ1) is 7.63. The average Bonchev–Trinajstić information content (AvgIpc) is 2.23. The Labute approximate surface area is 93.5 Å². The Balaban J connectivity index is 2.82. The molecule has 3 N–H and O–H groups in total. The van der Waals surface area contributed by atoms with Gasteiger partial charge in [0.1, 0.15) is 5.82 Å². The van der Waals surface area contributed by atoms with Crippen LogP contribution in [0, 0.1) is 0 Å². The number of hydrogen-bond donors (Lipinski definition) is 2.